The second-order valence-electron chi connectivity index (χ2n) is 5.08. The number of carbonyl (C=O) groups excluding carboxylic acids is 2. The third-order valence-corrected chi connectivity index (χ3v) is 4.21. The minimum atomic E-state index is -0.635. The minimum Gasteiger partial charge on any atom is -0.387 e. The molecule has 0 spiro atoms. The lowest BCUT2D eigenvalue weighted by Crippen LogP contribution is -2.22. The summed E-state index contributed by atoms with van der Waals surface area (Å²) in [5, 5.41) is 8.52. The van der Waals surface area contributed by atoms with Gasteiger partial charge in [0.15, 0.2) is 0 Å². The number of aryl methyl sites for hydroxylation is 1. The summed E-state index contributed by atoms with van der Waals surface area (Å²) in [7, 11) is 0. The number of hydrogen-bond acceptors (Lipinski definition) is 6. The summed E-state index contributed by atoms with van der Waals surface area (Å²) in [6.45, 7) is 0.0538. The fourth-order valence-electron chi connectivity index (χ4n) is 2.17. The molecule has 0 unspecified atom stereocenters. The van der Waals surface area contributed by atoms with E-state index in [0.717, 1.165) is 9.56 Å². The Morgan fingerprint density at radius 2 is 2.04 bits per heavy atom. The van der Waals surface area contributed by atoms with E-state index in [9.17, 15) is 14.4 Å². The molecule has 128 valence electrons. The van der Waals surface area contributed by atoms with Crippen LogP contribution in [0.4, 0.5) is 5.69 Å². The third kappa shape index (κ3) is 3.83. The number of carbonyl (C=O) groups is 2. The number of benzene rings is 1. The Labute approximate surface area is 145 Å². The van der Waals surface area contributed by atoms with Crippen molar-refractivity contribution in [2.24, 2.45) is 5.73 Å². The lowest BCUT2D eigenvalue weighted by molar-refractivity contribution is -0.116. The Kier molecular flexibility index (Phi) is 4.75. The van der Waals surface area contributed by atoms with E-state index in [4.69, 9.17) is 10.2 Å². The molecule has 0 saturated heterocycles. The number of nitrogens with two attached hydrogens (primary N) is 1. The molecule has 0 atom stereocenters. The van der Waals surface area contributed by atoms with E-state index < -0.39 is 11.7 Å². The number of anilines is 1. The van der Waals surface area contributed by atoms with Crippen LogP contribution in [0.3, 0.4) is 0 Å². The zero-order valence-electron chi connectivity index (χ0n) is 13.0. The number of amides is 2. The molecule has 0 aliphatic carbocycles. The van der Waals surface area contributed by atoms with Crippen LogP contribution in [0.25, 0.3) is 10.8 Å². The summed E-state index contributed by atoms with van der Waals surface area (Å²) in [6.07, 6.45) is -0.0105. The second-order valence-corrected chi connectivity index (χ2v) is 6.03. The lowest BCUT2D eigenvalue weighted by atomic mass is 10.1. The van der Waals surface area contributed by atoms with Crippen LogP contribution in [0.15, 0.2) is 51.0 Å². The molecule has 3 N–H and O–H groups in total. The molecule has 2 aromatic heterocycles. The summed E-state index contributed by atoms with van der Waals surface area (Å²) < 4.78 is 6.17. The number of nitrogens with zero attached hydrogens (tertiary/aromatic N) is 2. The highest BCUT2D eigenvalue weighted by Crippen LogP contribution is 2.21. The van der Waals surface area contributed by atoms with Gasteiger partial charge in [-0.3, -0.25) is 9.59 Å². The van der Waals surface area contributed by atoms with Crippen molar-refractivity contribution in [3.8, 4) is 10.8 Å². The highest BCUT2D eigenvalue weighted by molar-refractivity contribution is 7.13. The van der Waals surface area contributed by atoms with Gasteiger partial charge < -0.3 is 15.5 Å². The van der Waals surface area contributed by atoms with Crippen molar-refractivity contribution >= 4 is 28.8 Å². The van der Waals surface area contributed by atoms with Gasteiger partial charge in [0, 0.05) is 6.42 Å². The number of nitrogens with one attached hydrogen (secondary N) is 1. The molecule has 0 bridgehead atoms. The van der Waals surface area contributed by atoms with E-state index in [0.29, 0.717) is 5.69 Å². The minimum absolute atomic E-state index is 0.0105. The van der Waals surface area contributed by atoms with Gasteiger partial charge in [-0.1, -0.05) is 18.2 Å². The smallest absolute Gasteiger partial charge is 0.387 e. The average Bonchev–Trinajstić information content (AvgIpc) is 3.23. The number of primary amides is 1. The van der Waals surface area contributed by atoms with Gasteiger partial charge in [-0.05, 0) is 23.6 Å². The van der Waals surface area contributed by atoms with Crippen LogP contribution in [0.2, 0.25) is 0 Å². The molecule has 3 aromatic rings. The Hall–Kier alpha value is -3.20. The average molecular weight is 358 g/mol. The predicted octanol–water partition coefficient (Wildman–Crippen LogP) is 1.69. The fourth-order valence-corrected chi connectivity index (χ4v) is 2.82. The second kappa shape index (κ2) is 7.14. The first-order valence-electron chi connectivity index (χ1n) is 7.35. The Balaban J connectivity index is 1.66. The molecular formula is C16H14N4O4S. The highest BCUT2D eigenvalue weighted by Gasteiger charge is 2.14. The largest absolute Gasteiger partial charge is 0.437 e. The van der Waals surface area contributed by atoms with Crippen molar-refractivity contribution in [2.75, 3.05) is 5.32 Å². The Bertz CT molecular complexity index is 959. The van der Waals surface area contributed by atoms with Crippen LogP contribution in [0.1, 0.15) is 16.8 Å². The number of para-hydroxylation sites is 1. The molecule has 8 nitrogen and oxygen atoms in total. The molecule has 0 saturated carbocycles. The van der Waals surface area contributed by atoms with Crippen LogP contribution in [-0.2, 0) is 11.3 Å². The fraction of sp³-hybridized carbons (Fsp3) is 0.125. The molecule has 0 radical (unpaired) electrons. The van der Waals surface area contributed by atoms with E-state index in [1.54, 1.807) is 24.3 Å². The molecule has 0 fully saturated rings. The topological polar surface area (TPSA) is 120 Å². The van der Waals surface area contributed by atoms with Crippen LogP contribution in [-0.4, -0.2) is 21.6 Å². The quantitative estimate of drug-likeness (QED) is 0.695. The molecule has 2 heterocycles. The van der Waals surface area contributed by atoms with Gasteiger partial charge in [-0.2, -0.15) is 4.68 Å². The van der Waals surface area contributed by atoms with Gasteiger partial charge >= 0.3 is 5.76 Å². The van der Waals surface area contributed by atoms with Gasteiger partial charge in [0.05, 0.1) is 22.7 Å². The van der Waals surface area contributed by atoms with E-state index in [2.05, 4.69) is 10.4 Å². The predicted molar refractivity (Wildman–Crippen MR) is 92.3 cm³/mol. The maximum absolute atomic E-state index is 12.1. The lowest BCUT2D eigenvalue weighted by Gasteiger charge is -2.08. The molecule has 3 rings (SSSR count). The summed E-state index contributed by atoms with van der Waals surface area (Å²) in [6, 6.07) is 10.0. The zero-order valence-corrected chi connectivity index (χ0v) is 13.8. The standard InChI is InChI=1S/C16H14N4O4S/c17-14(22)10-4-1-2-5-11(10)18-13(21)7-8-20-16(23)24-15(19-20)12-6-3-9-25-12/h1-6,9H,7-8H2,(H2,17,22)(H,18,21). The van der Waals surface area contributed by atoms with Gasteiger partial charge in [0.25, 0.3) is 11.8 Å². The van der Waals surface area contributed by atoms with Gasteiger partial charge in [-0.15, -0.1) is 16.4 Å². The first-order valence-corrected chi connectivity index (χ1v) is 8.23. The molecule has 9 heteroatoms. The molecular weight excluding hydrogens is 344 g/mol. The zero-order chi connectivity index (χ0) is 17.8. The number of hydrogen-bond donors (Lipinski definition) is 2. The number of rotatable bonds is 6. The van der Waals surface area contributed by atoms with Gasteiger partial charge in [-0.25, -0.2) is 4.79 Å². The van der Waals surface area contributed by atoms with E-state index in [1.807, 2.05) is 11.4 Å². The molecule has 0 aliphatic rings. The van der Waals surface area contributed by atoms with E-state index >= 15 is 0 Å². The van der Waals surface area contributed by atoms with Crippen molar-refractivity contribution < 1.29 is 14.0 Å². The number of thiophene rings is 1. The van der Waals surface area contributed by atoms with E-state index in [1.165, 1.54) is 17.4 Å². The normalized spacial score (nSPS) is 10.6. The van der Waals surface area contributed by atoms with Crippen LogP contribution < -0.4 is 16.8 Å². The molecule has 2 amide bonds. The number of aromatic nitrogens is 2. The summed E-state index contributed by atoms with van der Waals surface area (Å²) in [4.78, 5) is 35.9. The summed E-state index contributed by atoms with van der Waals surface area (Å²) in [5.74, 6) is -1.42. The molecule has 1 aromatic carbocycles. The summed E-state index contributed by atoms with van der Waals surface area (Å²) >= 11 is 1.40. The van der Waals surface area contributed by atoms with Crippen molar-refractivity contribution in [1.82, 2.24) is 9.78 Å². The van der Waals surface area contributed by atoms with E-state index in [-0.39, 0.29) is 30.3 Å². The van der Waals surface area contributed by atoms with Crippen molar-refractivity contribution in [3.05, 3.63) is 57.9 Å². The van der Waals surface area contributed by atoms with Gasteiger partial charge in [0.2, 0.25) is 5.91 Å². The van der Waals surface area contributed by atoms with Crippen molar-refractivity contribution in [3.63, 3.8) is 0 Å². The summed E-state index contributed by atoms with van der Waals surface area (Å²) in [5.41, 5.74) is 5.81. The van der Waals surface area contributed by atoms with Crippen molar-refractivity contribution in [1.29, 1.82) is 0 Å². The van der Waals surface area contributed by atoms with Crippen molar-refractivity contribution in [2.45, 2.75) is 13.0 Å². The van der Waals surface area contributed by atoms with Gasteiger partial charge in [0.1, 0.15) is 0 Å². The molecule has 0 aliphatic heterocycles. The Morgan fingerprint density at radius 1 is 1.24 bits per heavy atom. The maximum Gasteiger partial charge on any atom is 0.437 e. The first kappa shape index (κ1) is 16.7. The molecule has 25 heavy (non-hydrogen) atoms. The first-order chi connectivity index (χ1) is 12.0. The highest BCUT2D eigenvalue weighted by atomic mass is 32.1. The monoisotopic (exact) mass is 358 g/mol. The van der Waals surface area contributed by atoms with Crippen LogP contribution >= 0.6 is 11.3 Å². The van der Waals surface area contributed by atoms with Crippen LogP contribution in [0.5, 0.6) is 0 Å². The SMILES string of the molecule is NC(=O)c1ccccc1NC(=O)CCn1nc(-c2cccs2)oc1=O. The van der Waals surface area contributed by atoms with Crippen LogP contribution in [0, 0.1) is 0 Å². The third-order valence-electron chi connectivity index (χ3n) is 3.36. The maximum atomic E-state index is 12.1. The Morgan fingerprint density at radius 3 is 2.76 bits per heavy atom.